The van der Waals surface area contributed by atoms with Crippen LogP contribution in [0.4, 0.5) is 5.13 Å². The van der Waals surface area contributed by atoms with Gasteiger partial charge in [0.2, 0.25) is 0 Å². The smallest absolute Gasteiger partial charge is 0.193 e. The average Bonchev–Trinajstić information content (AvgIpc) is 3.55. The molecule has 1 aliphatic heterocycles. The Morgan fingerprint density at radius 3 is 2.81 bits per heavy atom. The van der Waals surface area contributed by atoms with Gasteiger partial charge in [0.1, 0.15) is 0 Å². The standard InChI is InChI=1S/C23H31N7S/c1-3-24-22(25-12-11-20-18-31-23(27-20)29-13-7-8-14-29)28(2)16-19-15-26-30(17-19)21-9-5-4-6-10-21/h4-6,9-10,15,17-18H,3,7-8,11-14,16H2,1-2H3,(H,24,25). The van der Waals surface area contributed by atoms with Crippen LogP contribution in [0.1, 0.15) is 31.0 Å². The van der Waals surface area contributed by atoms with Gasteiger partial charge in [-0.05, 0) is 31.9 Å². The quantitative estimate of drug-likeness (QED) is 0.431. The lowest BCUT2D eigenvalue weighted by molar-refractivity contribution is 0.477. The number of benzene rings is 1. The zero-order chi connectivity index (χ0) is 21.5. The highest BCUT2D eigenvalue weighted by Gasteiger charge is 2.15. The molecule has 0 spiro atoms. The molecule has 3 aromatic rings. The summed E-state index contributed by atoms with van der Waals surface area (Å²) < 4.78 is 1.91. The van der Waals surface area contributed by atoms with Crippen molar-refractivity contribution in [2.45, 2.75) is 32.7 Å². The van der Waals surface area contributed by atoms with Crippen molar-refractivity contribution >= 4 is 22.4 Å². The van der Waals surface area contributed by atoms with Gasteiger partial charge in [0.15, 0.2) is 11.1 Å². The summed E-state index contributed by atoms with van der Waals surface area (Å²) in [6.07, 6.45) is 7.41. The number of hydrogen-bond acceptors (Lipinski definition) is 5. The topological polar surface area (TPSA) is 61.6 Å². The number of nitrogens with one attached hydrogen (secondary N) is 1. The molecule has 0 amide bonds. The summed E-state index contributed by atoms with van der Waals surface area (Å²) in [7, 11) is 2.07. The molecule has 0 aliphatic carbocycles. The Balaban J connectivity index is 1.34. The molecule has 7 nitrogen and oxygen atoms in total. The van der Waals surface area contributed by atoms with Crippen LogP contribution in [-0.2, 0) is 13.0 Å². The lowest BCUT2D eigenvalue weighted by Gasteiger charge is -2.21. The maximum Gasteiger partial charge on any atom is 0.193 e. The molecule has 0 bridgehead atoms. The number of aliphatic imine (C=N–C) groups is 1. The minimum absolute atomic E-state index is 0.721. The third-order valence-electron chi connectivity index (χ3n) is 5.32. The van der Waals surface area contributed by atoms with Gasteiger partial charge in [0.05, 0.1) is 17.6 Å². The minimum Gasteiger partial charge on any atom is -0.357 e. The number of rotatable bonds is 8. The number of nitrogens with zero attached hydrogens (tertiary/aromatic N) is 6. The largest absolute Gasteiger partial charge is 0.357 e. The number of para-hydroxylation sites is 1. The summed E-state index contributed by atoms with van der Waals surface area (Å²) in [6.45, 7) is 6.68. The van der Waals surface area contributed by atoms with E-state index >= 15 is 0 Å². The van der Waals surface area contributed by atoms with E-state index in [9.17, 15) is 0 Å². The summed E-state index contributed by atoms with van der Waals surface area (Å²) in [5.74, 6) is 0.907. The Morgan fingerprint density at radius 1 is 1.23 bits per heavy atom. The monoisotopic (exact) mass is 437 g/mol. The maximum atomic E-state index is 4.83. The second-order valence-corrected chi connectivity index (χ2v) is 8.62. The molecule has 1 fully saturated rings. The average molecular weight is 438 g/mol. The molecule has 1 N–H and O–H groups in total. The second-order valence-electron chi connectivity index (χ2n) is 7.79. The van der Waals surface area contributed by atoms with Crippen molar-refractivity contribution in [2.24, 2.45) is 4.99 Å². The Morgan fingerprint density at radius 2 is 2.03 bits per heavy atom. The SMILES string of the molecule is CCNC(=NCCc1csc(N2CCCC2)n1)N(C)Cc1cnn(-c2ccccc2)c1. The fourth-order valence-electron chi connectivity index (χ4n) is 3.72. The van der Waals surface area contributed by atoms with Crippen LogP contribution in [0.25, 0.3) is 5.69 Å². The first-order valence-electron chi connectivity index (χ1n) is 11.0. The van der Waals surface area contributed by atoms with Crippen LogP contribution in [-0.4, -0.2) is 58.9 Å². The Labute approximate surface area is 188 Å². The van der Waals surface area contributed by atoms with Gasteiger partial charge in [-0.2, -0.15) is 5.10 Å². The molecule has 0 unspecified atom stereocenters. The highest BCUT2D eigenvalue weighted by molar-refractivity contribution is 7.13. The summed E-state index contributed by atoms with van der Waals surface area (Å²) in [5, 5.41) is 11.2. The van der Waals surface area contributed by atoms with Gasteiger partial charge in [0, 0.05) is 63.3 Å². The van der Waals surface area contributed by atoms with E-state index in [4.69, 9.17) is 9.98 Å². The van der Waals surface area contributed by atoms with E-state index in [1.54, 1.807) is 11.3 Å². The molecular formula is C23H31N7S. The lowest BCUT2D eigenvalue weighted by Crippen LogP contribution is -2.38. The molecule has 4 rings (SSSR count). The highest BCUT2D eigenvalue weighted by atomic mass is 32.1. The molecule has 1 aliphatic rings. The van der Waals surface area contributed by atoms with Gasteiger partial charge in [-0.1, -0.05) is 18.2 Å². The Kier molecular flexibility index (Phi) is 7.19. The van der Waals surface area contributed by atoms with E-state index < -0.39 is 0 Å². The molecule has 31 heavy (non-hydrogen) atoms. The van der Waals surface area contributed by atoms with Gasteiger partial charge in [-0.15, -0.1) is 11.3 Å². The van der Waals surface area contributed by atoms with Crippen LogP contribution in [0, 0.1) is 0 Å². The third-order valence-corrected chi connectivity index (χ3v) is 6.27. The van der Waals surface area contributed by atoms with Crippen molar-refractivity contribution in [3.63, 3.8) is 0 Å². The van der Waals surface area contributed by atoms with Crippen molar-refractivity contribution in [2.75, 3.05) is 38.1 Å². The Bertz CT molecular complexity index is 973. The van der Waals surface area contributed by atoms with Crippen molar-refractivity contribution in [1.29, 1.82) is 0 Å². The summed E-state index contributed by atoms with van der Waals surface area (Å²) >= 11 is 1.76. The van der Waals surface area contributed by atoms with Gasteiger partial charge in [-0.3, -0.25) is 4.99 Å². The normalized spacial score (nSPS) is 14.3. The first-order chi connectivity index (χ1) is 15.2. The molecule has 0 radical (unpaired) electrons. The van der Waals surface area contributed by atoms with Crippen molar-refractivity contribution < 1.29 is 0 Å². The predicted molar refractivity (Wildman–Crippen MR) is 128 cm³/mol. The molecule has 0 saturated carbocycles. The van der Waals surface area contributed by atoms with E-state index in [-0.39, 0.29) is 0 Å². The molecule has 1 saturated heterocycles. The summed E-state index contributed by atoms with van der Waals surface area (Å²) in [6, 6.07) is 10.2. The molecule has 3 heterocycles. The fourth-order valence-corrected chi connectivity index (χ4v) is 4.64. The first kappa shape index (κ1) is 21.4. The van der Waals surface area contributed by atoms with Crippen LogP contribution < -0.4 is 10.2 Å². The molecule has 2 aromatic heterocycles. The van der Waals surface area contributed by atoms with E-state index in [1.165, 1.54) is 12.8 Å². The van der Waals surface area contributed by atoms with E-state index in [2.05, 4.69) is 57.9 Å². The first-order valence-corrected chi connectivity index (χ1v) is 11.9. The molecular weight excluding hydrogens is 406 g/mol. The number of thiazole rings is 1. The lowest BCUT2D eigenvalue weighted by atomic mass is 10.3. The summed E-state index contributed by atoms with van der Waals surface area (Å²) in [4.78, 5) is 14.2. The van der Waals surface area contributed by atoms with Crippen molar-refractivity contribution in [1.82, 2.24) is 25.0 Å². The molecule has 164 valence electrons. The Hall–Kier alpha value is -2.87. The van der Waals surface area contributed by atoms with Crippen LogP contribution in [0.5, 0.6) is 0 Å². The fraction of sp³-hybridized carbons (Fsp3) is 0.435. The zero-order valence-corrected chi connectivity index (χ0v) is 19.2. The van der Waals surface area contributed by atoms with E-state index in [0.717, 1.165) is 67.2 Å². The van der Waals surface area contributed by atoms with Gasteiger partial charge < -0.3 is 15.1 Å². The highest BCUT2D eigenvalue weighted by Crippen LogP contribution is 2.24. The van der Waals surface area contributed by atoms with Gasteiger partial charge >= 0.3 is 0 Å². The molecule has 1 aromatic carbocycles. The van der Waals surface area contributed by atoms with Gasteiger partial charge in [-0.25, -0.2) is 9.67 Å². The van der Waals surface area contributed by atoms with Crippen molar-refractivity contribution in [3.05, 3.63) is 59.4 Å². The predicted octanol–water partition coefficient (Wildman–Crippen LogP) is 3.57. The molecule has 0 atom stereocenters. The number of aromatic nitrogens is 3. The maximum absolute atomic E-state index is 4.83. The zero-order valence-electron chi connectivity index (χ0n) is 18.4. The number of anilines is 1. The van der Waals surface area contributed by atoms with E-state index in [1.807, 2.05) is 29.1 Å². The molecule has 8 heteroatoms. The summed E-state index contributed by atoms with van der Waals surface area (Å²) in [5.41, 5.74) is 3.35. The van der Waals surface area contributed by atoms with E-state index in [0.29, 0.717) is 0 Å². The van der Waals surface area contributed by atoms with Gasteiger partial charge in [0.25, 0.3) is 0 Å². The van der Waals surface area contributed by atoms with Crippen LogP contribution in [0.15, 0.2) is 53.1 Å². The second kappa shape index (κ2) is 10.4. The van der Waals surface area contributed by atoms with Crippen LogP contribution in [0.2, 0.25) is 0 Å². The number of hydrogen-bond donors (Lipinski definition) is 1. The van der Waals surface area contributed by atoms with Crippen LogP contribution in [0.3, 0.4) is 0 Å². The van der Waals surface area contributed by atoms with Crippen LogP contribution >= 0.6 is 11.3 Å². The van der Waals surface area contributed by atoms with Crippen molar-refractivity contribution in [3.8, 4) is 5.69 Å². The number of guanidine groups is 1. The third kappa shape index (κ3) is 5.64. The minimum atomic E-state index is 0.721.